The molecule has 3 aromatic rings. The number of carbonyl (C=O) groups is 1. The van der Waals surface area contributed by atoms with Crippen LogP contribution in [0.15, 0.2) is 65.8 Å². The number of sulfonamides is 1. The number of pyridine rings is 1. The van der Waals surface area contributed by atoms with Crippen molar-refractivity contribution in [3.05, 3.63) is 60.9 Å². The normalized spacial score (nSPS) is 17.8. The number of nitrogens with zero attached hydrogens (tertiary/aromatic N) is 4. The van der Waals surface area contributed by atoms with Crippen molar-refractivity contribution in [3.8, 4) is 5.75 Å². The molecule has 2 aliphatic rings. The minimum atomic E-state index is -3.65. The van der Waals surface area contributed by atoms with Crippen molar-refractivity contribution >= 4 is 61.9 Å². The maximum Gasteiger partial charge on any atom is 0.243 e. The number of piperazine rings is 1. The van der Waals surface area contributed by atoms with Crippen LogP contribution in [0, 0.1) is 5.92 Å². The zero-order valence-corrected chi connectivity index (χ0v) is 22.7. The third-order valence-corrected chi connectivity index (χ3v) is 8.75. The first kappa shape index (κ1) is 25.9. The average Bonchev–Trinajstić information content (AvgIpc) is 2.88. The molecule has 2 aromatic carbocycles. The molecule has 2 aliphatic heterocycles. The smallest absolute Gasteiger partial charge is 0.243 e. The van der Waals surface area contributed by atoms with Gasteiger partial charge in [-0.2, -0.15) is 4.31 Å². The molecule has 1 N–H and O–H groups in total. The van der Waals surface area contributed by atoms with Crippen molar-refractivity contribution in [2.75, 3.05) is 44.2 Å². The van der Waals surface area contributed by atoms with E-state index in [0.717, 1.165) is 42.4 Å². The van der Waals surface area contributed by atoms with Crippen LogP contribution in [-0.4, -0.2) is 102 Å². The van der Waals surface area contributed by atoms with Crippen molar-refractivity contribution in [3.63, 3.8) is 0 Å². The van der Waals surface area contributed by atoms with Crippen LogP contribution in [0.2, 0.25) is 0 Å². The van der Waals surface area contributed by atoms with E-state index in [0.29, 0.717) is 13.1 Å². The first-order chi connectivity index (χ1) is 16.4. The molecule has 0 unspecified atom stereocenters. The second kappa shape index (κ2) is 10.8. The van der Waals surface area contributed by atoms with Gasteiger partial charge in [0, 0.05) is 92.8 Å². The molecule has 0 aliphatic carbocycles. The largest absolute Gasteiger partial charge is 0.508 e. The first-order valence-electron chi connectivity index (χ1n) is 11.6. The summed E-state index contributed by atoms with van der Waals surface area (Å²) >= 11 is 0. The molecular weight excluding hydrogens is 475 g/mol. The van der Waals surface area contributed by atoms with E-state index in [1.807, 2.05) is 17.0 Å². The number of phenols is 1. The van der Waals surface area contributed by atoms with Crippen LogP contribution < -0.4 is 4.90 Å². The molecule has 0 atom stereocenters. The molecule has 0 spiro atoms. The summed E-state index contributed by atoms with van der Waals surface area (Å²) in [5.74, 6) is 0.266. The molecule has 8 nitrogen and oxygen atoms in total. The molecule has 35 heavy (non-hydrogen) atoms. The van der Waals surface area contributed by atoms with E-state index < -0.39 is 10.0 Å². The van der Waals surface area contributed by atoms with Crippen molar-refractivity contribution in [1.82, 2.24) is 14.2 Å². The minimum absolute atomic E-state index is 0. The van der Waals surface area contributed by atoms with Gasteiger partial charge in [0.05, 0.1) is 4.90 Å². The van der Waals surface area contributed by atoms with Crippen LogP contribution in [0.4, 0.5) is 5.69 Å². The fourth-order valence-electron chi connectivity index (χ4n) is 4.87. The Bertz CT molecular complexity index is 1290. The fraction of sp³-hybridized carbons (Fsp3) is 0.360. The van der Waals surface area contributed by atoms with Gasteiger partial charge in [-0.1, -0.05) is 12.1 Å². The number of rotatable bonds is 4. The number of hydrogen-bond acceptors (Lipinski definition) is 6. The van der Waals surface area contributed by atoms with Gasteiger partial charge in [-0.05, 0) is 60.0 Å². The number of aromatic hydroxyl groups is 1. The predicted molar refractivity (Wildman–Crippen MR) is 136 cm³/mol. The summed E-state index contributed by atoms with van der Waals surface area (Å²) in [5.41, 5.74) is 1.13. The number of fused-ring (bicyclic) bond motifs is 1. The van der Waals surface area contributed by atoms with Crippen LogP contribution in [0.25, 0.3) is 10.8 Å². The third-order valence-electron chi connectivity index (χ3n) is 6.86. The standard InChI is InChI=1S/C25H28N4O4S.Na/c30-23-3-1-21-18-24(4-2-20(21)17-23)34(32,33)29-15-13-28(14-16-29)25(31)19-7-11-27(12-8-19)22-5-9-26-10-6-22;/h1-6,9-10,17-19,30H,7-8,11-16H2;. The van der Waals surface area contributed by atoms with E-state index in [4.69, 9.17) is 0 Å². The van der Waals surface area contributed by atoms with Crippen molar-refractivity contribution in [2.45, 2.75) is 17.7 Å². The van der Waals surface area contributed by atoms with E-state index in [1.165, 1.54) is 4.31 Å². The summed E-state index contributed by atoms with van der Waals surface area (Å²) < 4.78 is 27.9. The predicted octanol–water partition coefficient (Wildman–Crippen LogP) is 2.31. The Morgan fingerprint density at radius 1 is 0.857 bits per heavy atom. The summed E-state index contributed by atoms with van der Waals surface area (Å²) in [6.07, 6.45) is 5.16. The second-order valence-corrected chi connectivity index (χ2v) is 10.8. The van der Waals surface area contributed by atoms with Gasteiger partial charge in [0.2, 0.25) is 15.9 Å². The zero-order chi connectivity index (χ0) is 23.7. The molecule has 179 valence electrons. The molecular formula is C25H28N4NaO4S. The number of benzene rings is 2. The third kappa shape index (κ3) is 5.49. The number of anilines is 1. The molecule has 2 saturated heterocycles. The molecule has 0 bridgehead atoms. The Kier molecular flexibility index (Phi) is 8.02. The molecule has 2 fully saturated rings. The Hall–Kier alpha value is -2.17. The van der Waals surface area contributed by atoms with Crippen LogP contribution in [0.1, 0.15) is 12.8 Å². The Morgan fingerprint density at radius 3 is 2.17 bits per heavy atom. The number of phenolic OH excluding ortho intramolecular Hbond substituents is 1. The van der Waals surface area contributed by atoms with E-state index in [1.54, 1.807) is 48.8 Å². The van der Waals surface area contributed by atoms with Gasteiger partial charge in [-0.25, -0.2) is 8.42 Å². The molecule has 5 rings (SSSR count). The van der Waals surface area contributed by atoms with E-state index in [-0.39, 0.29) is 65.1 Å². The first-order valence-corrected chi connectivity index (χ1v) is 13.0. The Balaban J connectivity index is 0.00000289. The summed E-state index contributed by atoms with van der Waals surface area (Å²) in [6.45, 7) is 3.05. The molecule has 1 amide bonds. The topological polar surface area (TPSA) is 94.1 Å². The van der Waals surface area contributed by atoms with Crippen molar-refractivity contribution < 1.29 is 18.3 Å². The SMILES string of the molecule is O=C(C1CCN(c2ccncc2)CC1)N1CCN(S(=O)(=O)c2ccc3cc(O)ccc3c2)CC1.[Na]. The van der Waals surface area contributed by atoms with E-state index >= 15 is 0 Å². The Morgan fingerprint density at radius 2 is 1.49 bits per heavy atom. The van der Waals surface area contributed by atoms with Gasteiger partial charge in [-0.15, -0.1) is 0 Å². The molecule has 1 aromatic heterocycles. The van der Waals surface area contributed by atoms with Gasteiger partial charge in [0.1, 0.15) is 5.75 Å². The maximum absolute atomic E-state index is 13.2. The van der Waals surface area contributed by atoms with Gasteiger partial charge in [0.25, 0.3) is 0 Å². The van der Waals surface area contributed by atoms with E-state index in [9.17, 15) is 18.3 Å². The molecule has 1 radical (unpaired) electrons. The number of amides is 1. The number of carbonyl (C=O) groups excluding carboxylic acids is 1. The molecule has 0 saturated carbocycles. The minimum Gasteiger partial charge on any atom is -0.508 e. The maximum atomic E-state index is 13.2. The monoisotopic (exact) mass is 503 g/mol. The van der Waals surface area contributed by atoms with Crippen LogP contribution >= 0.6 is 0 Å². The summed E-state index contributed by atoms with van der Waals surface area (Å²) in [6, 6.07) is 13.8. The average molecular weight is 504 g/mol. The van der Waals surface area contributed by atoms with Crippen LogP contribution in [0.3, 0.4) is 0 Å². The molecule has 3 heterocycles. The quantitative estimate of drug-likeness (QED) is 0.550. The van der Waals surface area contributed by atoms with Crippen molar-refractivity contribution in [2.24, 2.45) is 5.92 Å². The summed E-state index contributed by atoms with van der Waals surface area (Å²) in [7, 11) is -3.65. The molecule has 10 heteroatoms. The number of aromatic nitrogens is 1. The van der Waals surface area contributed by atoms with Gasteiger partial charge >= 0.3 is 0 Å². The Labute approximate surface area is 227 Å². The zero-order valence-electron chi connectivity index (χ0n) is 19.9. The van der Waals surface area contributed by atoms with Crippen molar-refractivity contribution in [1.29, 1.82) is 0 Å². The van der Waals surface area contributed by atoms with Crippen LogP contribution in [0.5, 0.6) is 5.75 Å². The van der Waals surface area contributed by atoms with E-state index in [2.05, 4.69) is 9.88 Å². The van der Waals surface area contributed by atoms with Gasteiger partial charge in [0.15, 0.2) is 0 Å². The summed E-state index contributed by atoms with van der Waals surface area (Å²) in [5, 5.41) is 11.2. The second-order valence-electron chi connectivity index (χ2n) is 8.89. The number of piperidine rings is 1. The van der Waals surface area contributed by atoms with Gasteiger partial charge in [-0.3, -0.25) is 9.78 Å². The fourth-order valence-corrected chi connectivity index (χ4v) is 6.33. The summed E-state index contributed by atoms with van der Waals surface area (Å²) in [4.78, 5) is 21.5. The number of hydrogen-bond donors (Lipinski definition) is 1. The van der Waals surface area contributed by atoms with Crippen LogP contribution in [-0.2, 0) is 14.8 Å². The van der Waals surface area contributed by atoms with Gasteiger partial charge < -0.3 is 14.9 Å².